The van der Waals surface area contributed by atoms with E-state index in [1.54, 1.807) is 49.6 Å². The molecule has 1 N–H and O–H groups in total. The van der Waals surface area contributed by atoms with Crippen molar-refractivity contribution in [3.63, 3.8) is 0 Å². The number of aryl methyl sites for hydroxylation is 1. The number of thioether (sulfide) groups is 1. The van der Waals surface area contributed by atoms with Crippen LogP contribution < -0.4 is 30.8 Å². The average molecular weight is 524 g/mol. The monoisotopic (exact) mass is 523 g/mol. The van der Waals surface area contributed by atoms with Gasteiger partial charge in [0.1, 0.15) is 16.2 Å². The average Bonchev–Trinajstić information content (AvgIpc) is 2.93. The molecule has 0 saturated carbocycles. The molecule has 0 spiro atoms. The van der Waals surface area contributed by atoms with E-state index in [1.165, 1.54) is 32.9 Å². The van der Waals surface area contributed by atoms with Crippen LogP contribution in [0.1, 0.15) is 0 Å². The molecule has 0 fully saturated rings. The first-order valence-corrected chi connectivity index (χ1v) is 12.0. The molecule has 37 heavy (non-hydrogen) atoms. The lowest BCUT2D eigenvalue weighted by Crippen LogP contribution is -2.37. The first kappa shape index (κ1) is 25.8. The molecule has 11 nitrogen and oxygen atoms in total. The predicted octanol–water partition coefficient (Wildman–Crippen LogP) is 2.45. The van der Waals surface area contributed by atoms with Gasteiger partial charge in [-0.05, 0) is 42.5 Å². The highest BCUT2D eigenvalue weighted by Gasteiger charge is 2.20. The van der Waals surface area contributed by atoms with Gasteiger partial charge < -0.3 is 19.5 Å². The number of ether oxygens (including phenoxy) is 3. The smallest absolute Gasteiger partial charge is 0.332 e. The quantitative estimate of drug-likeness (QED) is 0.274. The third-order valence-corrected chi connectivity index (χ3v) is 6.60. The minimum atomic E-state index is -0.546. The molecule has 0 saturated heterocycles. The number of nitrogens with one attached hydrogen (secondary N) is 1. The molecule has 2 aromatic heterocycles. The van der Waals surface area contributed by atoms with Gasteiger partial charge in [0, 0.05) is 25.3 Å². The molecule has 0 aliphatic rings. The lowest BCUT2D eigenvalue weighted by atomic mass is 10.2. The van der Waals surface area contributed by atoms with E-state index in [2.05, 4.69) is 15.3 Å². The summed E-state index contributed by atoms with van der Waals surface area (Å²) in [6.07, 6.45) is 0. The Bertz CT molecular complexity index is 1600. The summed E-state index contributed by atoms with van der Waals surface area (Å²) in [5, 5.41) is 3.23. The summed E-state index contributed by atoms with van der Waals surface area (Å²) in [6, 6.07) is 12.1. The summed E-state index contributed by atoms with van der Waals surface area (Å²) in [5.74, 6) is 1.60. The van der Waals surface area contributed by atoms with Crippen molar-refractivity contribution in [3.8, 4) is 28.6 Å². The number of anilines is 1. The number of carbonyl (C=O) groups excluding carboxylic acids is 1. The molecule has 0 aliphatic heterocycles. The van der Waals surface area contributed by atoms with E-state index in [0.29, 0.717) is 28.5 Å². The molecule has 192 valence electrons. The number of rotatable bonds is 8. The van der Waals surface area contributed by atoms with Crippen molar-refractivity contribution >= 4 is 34.4 Å². The second-order valence-corrected chi connectivity index (χ2v) is 8.86. The van der Waals surface area contributed by atoms with Crippen LogP contribution in [-0.2, 0) is 18.9 Å². The van der Waals surface area contributed by atoms with Crippen LogP contribution in [0.25, 0.3) is 22.4 Å². The maximum atomic E-state index is 13.1. The summed E-state index contributed by atoms with van der Waals surface area (Å²) in [4.78, 5) is 47.5. The zero-order valence-corrected chi connectivity index (χ0v) is 21.7. The second-order valence-electron chi connectivity index (χ2n) is 7.89. The molecule has 12 heteroatoms. The van der Waals surface area contributed by atoms with Crippen LogP contribution >= 0.6 is 11.8 Å². The Morgan fingerprint density at radius 1 is 0.919 bits per heavy atom. The van der Waals surface area contributed by atoms with Crippen LogP contribution in [0, 0.1) is 0 Å². The van der Waals surface area contributed by atoms with Crippen LogP contribution in [0.15, 0.2) is 57.1 Å². The van der Waals surface area contributed by atoms with Gasteiger partial charge in [0.2, 0.25) is 5.91 Å². The highest BCUT2D eigenvalue weighted by Crippen LogP contribution is 2.33. The number of hydrogen-bond acceptors (Lipinski definition) is 9. The standard InChI is InChI=1S/C25H25N5O6S/c1-29-22-20(24(32)30(2)25(29)33)23(37-13-19(31)26-15-7-9-16(34-3)10-8-15)28-21(27-22)14-6-11-17(35-4)18(12-14)36-5/h6-12H,13H2,1-5H3,(H,26,31). The lowest BCUT2D eigenvalue weighted by molar-refractivity contribution is -0.113. The molecule has 0 aliphatic carbocycles. The van der Waals surface area contributed by atoms with Gasteiger partial charge in [-0.1, -0.05) is 11.8 Å². The summed E-state index contributed by atoms with van der Waals surface area (Å²) in [5.41, 5.74) is 0.268. The number of aromatic nitrogens is 4. The van der Waals surface area contributed by atoms with Crippen molar-refractivity contribution in [2.45, 2.75) is 5.03 Å². The van der Waals surface area contributed by atoms with E-state index in [9.17, 15) is 14.4 Å². The van der Waals surface area contributed by atoms with E-state index in [-0.39, 0.29) is 33.5 Å². The summed E-state index contributed by atoms with van der Waals surface area (Å²) >= 11 is 1.08. The van der Waals surface area contributed by atoms with Crippen molar-refractivity contribution in [1.82, 2.24) is 19.1 Å². The Kier molecular flexibility index (Phi) is 7.48. The van der Waals surface area contributed by atoms with E-state index in [1.807, 2.05) is 0 Å². The van der Waals surface area contributed by atoms with Crippen molar-refractivity contribution in [2.24, 2.45) is 14.1 Å². The van der Waals surface area contributed by atoms with Gasteiger partial charge in [0.15, 0.2) is 23.0 Å². The third kappa shape index (κ3) is 5.14. The molecule has 0 unspecified atom stereocenters. The Morgan fingerprint density at radius 2 is 1.62 bits per heavy atom. The van der Waals surface area contributed by atoms with Crippen LogP contribution in [0.3, 0.4) is 0 Å². The minimum absolute atomic E-state index is 0.0322. The van der Waals surface area contributed by atoms with Crippen molar-refractivity contribution in [2.75, 3.05) is 32.4 Å². The maximum Gasteiger partial charge on any atom is 0.332 e. The zero-order valence-electron chi connectivity index (χ0n) is 20.9. The fourth-order valence-electron chi connectivity index (χ4n) is 3.64. The highest BCUT2D eigenvalue weighted by atomic mass is 32.2. The Morgan fingerprint density at radius 3 is 2.27 bits per heavy atom. The summed E-state index contributed by atoms with van der Waals surface area (Å²) < 4.78 is 18.1. The molecule has 0 atom stereocenters. The predicted molar refractivity (Wildman–Crippen MR) is 141 cm³/mol. The first-order valence-electron chi connectivity index (χ1n) is 11.0. The molecule has 1 amide bonds. The third-order valence-electron chi connectivity index (χ3n) is 5.62. The van der Waals surface area contributed by atoms with Crippen LogP contribution in [0.2, 0.25) is 0 Å². The van der Waals surface area contributed by atoms with E-state index in [4.69, 9.17) is 14.2 Å². The molecular weight excluding hydrogens is 498 g/mol. The number of benzene rings is 2. The number of nitrogens with zero attached hydrogens (tertiary/aromatic N) is 4. The van der Waals surface area contributed by atoms with Gasteiger partial charge in [0.25, 0.3) is 5.56 Å². The SMILES string of the molecule is COc1ccc(NC(=O)CSc2nc(-c3ccc(OC)c(OC)c3)nc3c2c(=O)n(C)c(=O)n3C)cc1. The largest absolute Gasteiger partial charge is 0.497 e. The summed E-state index contributed by atoms with van der Waals surface area (Å²) in [7, 11) is 7.52. The Balaban J connectivity index is 1.75. The fourth-order valence-corrected chi connectivity index (χ4v) is 4.46. The topological polar surface area (TPSA) is 127 Å². The van der Waals surface area contributed by atoms with Gasteiger partial charge in [-0.2, -0.15) is 0 Å². The van der Waals surface area contributed by atoms with Crippen LogP contribution in [0.4, 0.5) is 5.69 Å². The van der Waals surface area contributed by atoms with Gasteiger partial charge >= 0.3 is 5.69 Å². The van der Waals surface area contributed by atoms with Crippen LogP contribution in [0.5, 0.6) is 17.2 Å². The van der Waals surface area contributed by atoms with Gasteiger partial charge in [0.05, 0.1) is 27.1 Å². The number of methoxy groups -OCH3 is 3. The lowest BCUT2D eigenvalue weighted by Gasteiger charge is -2.13. The number of amides is 1. The normalized spacial score (nSPS) is 10.8. The Hall–Kier alpha value is -4.32. The summed E-state index contributed by atoms with van der Waals surface area (Å²) in [6.45, 7) is 0. The maximum absolute atomic E-state index is 13.1. The van der Waals surface area contributed by atoms with Crippen molar-refractivity contribution in [3.05, 3.63) is 63.3 Å². The fraction of sp³-hybridized carbons (Fsp3) is 0.240. The molecule has 4 aromatic rings. The van der Waals surface area contributed by atoms with Crippen molar-refractivity contribution in [1.29, 1.82) is 0 Å². The molecule has 0 bridgehead atoms. The number of fused-ring (bicyclic) bond motifs is 1. The highest BCUT2D eigenvalue weighted by molar-refractivity contribution is 8.00. The van der Waals surface area contributed by atoms with Gasteiger partial charge in [-0.25, -0.2) is 14.8 Å². The Labute approximate surface area is 216 Å². The zero-order chi connectivity index (χ0) is 26.7. The van der Waals surface area contributed by atoms with Crippen LogP contribution in [-0.4, -0.2) is 52.1 Å². The second kappa shape index (κ2) is 10.7. The van der Waals surface area contributed by atoms with E-state index >= 15 is 0 Å². The molecule has 0 radical (unpaired) electrons. The van der Waals surface area contributed by atoms with Gasteiger partial charge in [-0.15, -0.1) is 0 Å². The molecular formula is C25H25N5O6S. The molecule has 2 heterocycles. The molecule has 2 aromatic carbocycles. The van der Waals surface area contributed by atoms with Crippen molar-refractivity contribution < 1.29 is 19.0 Å². The van der Waals surface area contributed by atoms with E-state index < -0.39 is 11.2 Å². The minimum Gasteiger partial charge on any atom is -0.497 e. The molecule has 4 rings (SSSR count). The van der Waals surface area contributed by atoms with E-state index in [0.717, 1.165) is 16.3 Å². The van der Waals surface area contributed by atoms with Gasteiger partial charge in [-0.3, -0.25) is 18.7 Å². The number of carbonyl (C=O) groups is 1. The first-order chi connectivity index (χ1) is 17.8. The number of hydrogen-bond donors (Lipinski definition) is 1.